The van der Waals surface area contributed by atoms with E-state index in [1.165, 1.54) is 18.9 Å². The fraction of sp³-hybridized carbons (Fsp3) is 0.810. The molecule has 156 valence electrons. The smallest absolute Gasteiger partial charge is 0.313 e. The van der Waals surface area contributed by atoms with E-state index in [0.717, 1.165) is 19.3 Å². The van der Waals surface area contributed by atoms with Crippen molar-refractivity contribution in [1.82, 2.24) is 5.32 Å². The van der Waals surface area contributed by atoms with Crippen LogP contribution in [0.4, 0.5) is 0 Å². The number of hydrogen-bond donors (Lipinski definition) is 1. The van der Waals surface area contributed by atoms with Gasteiger partial charge < -0.3 is 14.5 Å². The van der Waals surface area contributed by atoms with Crippen LogP contribution in [0.2, 0.25) is 18.1 Å². The number of amides is 1. The van der Waals surface area contributed by atoms with Gasteiger partial charge in [0.25, 0.3) is 0 Å². The minimum Gasteiger partial charge on any atom is -0.428 e. The highest BCUT2D eigenvalue weighted by Gasteiger charge is 2.42. The summed E-state index contributed by atoms with van der Waals surface area (Å²) in [5.74, 6) is -0.282. The number of carbonyl (C=O) groups excluding carboxylic acids is 2. The van der Waals surface area contributed by atoms with E-state index in [1.807, 2.05) is 13.8 Å². The second-order valence-electron chi connectivity index (χ2n) is 9.29. The lowest BCUT2D eigenvalue weighted by molar-refractivity contribution is -0.144. The zero-order chi connectivity index (χ0) is 20.8. The molecule has 3 atom stereocenters. The van der Waals surface area contributed by atoms with Crippen LogP contribution in [0.5, 0.6) is 0 Å². The minimum atomic E-state index is -1.99. The predicted molar refractivity (Wildman–Crippen MR) is 112 cm³/mol. The Bertz CT molecular complexity index is 551. The summed E-state index contributed by atoms with van der Waals surface area (Å²) in [6.45, 7) is 16.9. The lowest BCUT2D eigenvalue weighted by atomic mass is 10.0. The van der Waals surface area contributed by atoms with Crippen LogP contribution in [-0.4, -0.2) is 32.3 Å². The van der Waals surface area contributed by atoms with Crippen molar-refractivity contribution in [3.8, 4) is 0 Å². The van der Waals surface area contributed by atoms with Crippen molar-refractivity contribution in [3.05, 3.63) is 11.8 Å². The number of rotatable bonds is 10. The van der Waals surface area contributed by atoms with Gasteiger partial charge in [-0.25, -0.2) is 0 Å². The van der Waals surface area contributed by atoms with Crippen LogP contribution in [0.25, 0.3) is 0 Å². The average Bonchev–Trinajstić information content (AvgIpc) is 2.90. The third-order valence-corrected chi connectivity index (χ3v) is 10.3. The van der Waals surface area contributed by atoms with Gasteiger partial charge in [0.15, 0.2) is 8.32 Å². The van der Waals surface area contributed by atoms with Crippen LogP contribution < -0.4 is 5.32 Å². The molecule has 1 rings (SSSR count). The number of carbonyl (C=O) groups is 2. The summed E-state index contributed by atoms with van der Waals surface area (Å²) in [6, 6.07) is -0.414. The number of nitrogens with one attached hydrogen (secondary N) is 1. The molecule has 0 aromatic heterocycles. The Hall–Kier alpha value is -1.14. The quantitative estimate of drug-likeness (QED) is 0.322. The standard InChI is InChI=1S/C21H39NO4Si/c1-9-10-11-12-13-15(2)20(24)25-17-14-18(23)22-19(17)16(3)26-27(7,8)21(4,5)6/h14-16,19H,9-13H2,1-8H3,(H,22,23)/t15-,16-,19+/m1/s1. The molecule has 0 unspecified atom stereocenters. The Balaban J connectivity index is 2.69. The van der Waals surface area contributed by atoms with E-state index in [4.69, 9.17) is 9.16 Å². The van der Waals surface area contributed by atoms with E-state index in [9.17, 15) is 9.59 Å². The summed E-state index contributed by atoms with van der Waals surface area (Å²) in [5, 5.41) is 2.94. The van der Waals surface area contributed by atoms with Gasteiger partial charge in [-0.1, -0.05) is 60.3 Å². The predicted octanol–water partition coefficient (Wildman–Crippen LogP) is 4.93. The first-order valence-electron chi connectivity index (χ1n) is 10.3. The van der Waals surface area contributed by atoms with E-state index < -0.39 is 14.4 Å². The first-order valence-corrected chi connectivity index (χ1v) is 13.2. The second-order valence-corrected chi connectivity index (χ2v) is 14.0. The lowest BCUT2D eigenvalue weighted by Gasteiger charge is -2.40. The number of unbranched alkanes of at least 4 members (excludes halogenated alkanes) is 3. The molecule has 1 N–H and O–H groups in total. The lowest BCUT2D eigenvalue weighted by Crippen LogP contribution is -2.49. The topological polar surface area (TPSA) is 64.6 Å². The zero-order valence-electron chi connectivity index (χ0n) is 18.5. The summed E-state index contributed by atoms with van der Waals surface area (Å²) in [7, 11) is -1.99. The van der Waals surface area contributed by atoms with Gasteiger partial charge in [0.2, 0.25) is 5.91 Å². The maximum absolute atomic E-state index is 12.4. The highest BCUT2D eigenvalue weighted by Crippen LogP contribution is 2.38. The fourth-order valence-corrected chi connectivity index (χ4v) is 4.27. The molecule has 0 saturated carbocycles. The third kappa shape index (κ3) is 7.07. The molecule has 1 aliphatic heterocycles. The summed E-state index contributed by atoms with van der Waals surface area (Å²) in [4.78, 5) is 24.4. The maximum Gasteiger partial charge on any atom is 0.313 e. The van der Waals surface area contributed by atoms with Crippen molar-refractivity contribution in [1.29, 1.82) is 0 Å². The highest BCUT2D eigenvalue weighted by atomic mass is 28.4. The molecule has 0 radical (unpaired) electrons. The van der Waals surface area contributed by atoms with Gasteiger partial charge >= 0.3 is 5.97 Å². The van der Waals surface area contributed by atoms with Gasteiger partial charge in [0.1, 0.15) is 11.8 Å². The van der Waals surface area contributed by atoms with Crippen LogP contribution in [0, 0.1) is 5.92 Å². The van der Waals surface area contributed by atoms with Crippen LogP contribution in [0.3, 0.4) is 0 Å². The average molecular weight is 398 g/mol. The van der Waals surface area contributed by atoms with Crippen molar-refractivity contribution in [2.24, 2.45) is 5.92 Å². The van der Waals surface area contributed by atoms with Crippen LogP contribution in [0.1, 0.15) is 73.6 Å². The van der Waals surface area contributed by atoms with E-state index in [0.29, 0.717) is 5.76 Å². The van der Waals surface area contributed by atoms with E-state index in [2.05, 4.69) is 46.1 Å². The molecule has 0 fully saturated rings. The number of esters is 1. The molecule has 0 saturated heterocycles. The van der Waals surface area contributed by atoms with Crippen molar-refractivity contribution < 1.29 is 18.8 Å². The SMILES string of the molecule is CCCCCC[C@@H](C)C(=O)OC1=CC(=O)N[C@H]1[C@@H](C)O[Si](C)(C)C(C)(C)C. The molecule has 0 spiro atoms. The Morgan fingerprint density at radius 3 is 2.41 bits per heavy atom. The second kappa shape index (κ2) is 9.87. The zero-order valence-corrected chi connectivity index (χ0v) is 19.5. The number of hydrogen-bond acceptors (Lipinski definition) is 4. The van der Waals surface area contributed by atoms with Crippen molar-refractivity contribution in [2.75, 3.05) is 0 Å². The van der Waals surface area contributed by atoms with Gasteiger partial charge in [-0.15, -0.1) is 0 Å². The molecule has 0 bridgehead atoms. The summed E-state index contributed by atoms with van der Waals surface area (Å²) in [6.07, 6.45) is 6.47. The minimum absolute atomic E-state index is 0.0669. The molecule has 6 heteroatoms. The van der Waals surface area contributed by atoms with E-state index in [-0.39, 0.29) is 28.9 Å². The Morgan fingerprint density at radius 1 is 1.22 bits per heavy atom. The van der Waals surface area contributed by atoms with Crippen molar-refractivity contribution in [2.45, 2.75) is 104 Å². The largest absolute Gasteiger partial charge is 0.428 e. The van der Waals surface area contributed by atoms with E-state index in [1.54, 1.807) is 0 Å². The van der Waals surface area contributed by atoms with Crippen molar-refractivity contribution >= 4 is 20.2 Å². The molecular weight excluding hydrogens is 358 g/mol. The van der Waals surface area contributed by atoms with Crippen LogP contribution in [0.15, 0.2) is 11.8 Å². The van der Waals surface area contributed by atoms with Crippen molar-refractivity contribution in [3.63, 3.8) is 0 Å². The molecule has 1 heterocycles. The normalized spacial score (nSPS) is 20.1. The first-order chi connectivity index (χ1) is 12.4. The van der Waals surface area contributed by atoms with Crippen LogP contribution in [-0.2, 0) is 18.8 Å². The summed E-state index contributed by atoms with van der Waals surface area (Å²) in [5.41, 5.74) is 0. The fourth-order valence-electron chi connectivity index (χ4n) is 2.85. The van der Waals surface area contributed by atoms with E-state index >= 15 is 0 Å². The van der Waals surface area contributed by atoms with Gasteiger partial charge in [-0.2, -0.15) is 0 Å². The van der Waals surface area contributed by atoms with Gasteiger partial charge in [0.05, 0.1) is 12.0 Å². The monoisotopic (exact) mass is 397 g/mol. The highest BCUT2D eigenvalue weighted by molar-refractivity contribution is 6.74. The molecule has 1 aliphatic rings. The molecule has 1 amide bonds. The molecule has 0 aromatic rings. The molecule has 0 aliphatic carbocycles. The van der Waals surface area contributed by atoms with Gasteiger partial charge in [-0.05, 0) is 31.5 Å². The molecule has 0 aromatic carbocycles. The number of ether oxygens (including phenoxy) is 1. The maximum atomic E-state index is 12.4. The summed E-state index contributed by atoms with van der Waals surface area (Å²) < 4.78 is 12.0. The van der Waals surface area contributed by atoms with Gasteiger partial charge in [-0.3, -0.25) is 9.59 Å². The Labute approximate surface area is 166 Å². The first kappa shape index (κ1) is 23.9. The summed E-state index contributed by atoms with van der Waals surface area (Å²) >= 11 is 0. The Kier molecular flexibility index (Phi) is 8.74. The molecule has 5 nitrogen and oxygen atoms in total. The van der Waals surface area contributed by atoms with Gasteiger partial charge in [0, 0.05) is 6.08 Å². The molecule has 27 heavy (non-hydrogen) atoms. The molecular formula is C21H39NO4Si. The Morgan fingerprint density at radius 2 is 1.85 bits per heavy atom. The van der Waals surface area contributed by atoms with Crippen LogP contribution >= 0.6 is 0 Å². The third-order valence-electron chi connectivity index (χ3n) is 5.75.